The van der Waals surface area contributed by atoms with Crippen LogP contribution in [0.5, 0.6) is 0 Å². The van der Waals surface area contributed by atoms with E-state index in [-0.39, 0.29) is 29.9 Å². The average molecular weight is 409 g/mol. The molecule has 0 bridgehead atoms. The lowest BCUT2D eigenvalue weighted by Gasteiger charge is -2.21. The molecule has 5 nitrogen and oxygen atoms in total. The Labute approximate surface area is 166 Å². The summed E-state index contributed by atoms with van der Waals surface area (Å²) in [6.07, 6.45) is 1.63. The van der Waals surface area contributed by atoms with E-state index < -0.39 is 10.0 Å². The number of sulfonamides is 1. The maximum absolute atomic E-state index is 12.7. The van der Waals surface area contributed by atoms with Crippen LogP contribution in [0.3, 0.4) is 0 Å². The number of halogens is 1. The Bertz CT molecular complexity index is 839. The number of nitrogens with one attached hydrogen (secondary N) is 1. The Balaban J connectivity index is 1.92. The van der Waals surface area contributed by atoms with Crippen molar-refractivity contribution in [1.29, 1.82) is 0 Å². The molecule has 0 aliphatic carbocycles. The number of likely N-dealkylation sites (N-methyl/N-ethyl adjacent to an activating group) is 1. The normalized spacial score (nSPS) is 12.7. The number of nitrogens with zero attached hydrogens (tertiary/aromatic N) is 1. The molecule has 146 valence electrons. The molecule has 0 aliphatic rings. The van der Waals surface area contributed by atoms with E-state index in [0.717, 1.165) is 17.1 Å². The number of hydrogen-bond acceptors (Lipinski definition) is 3. The molecule has 0 spiro atoms. The van der Waals surface area contributed by atoms with E-state index in [2.05, 4.69) is 5.32 Å². The Morgan fingerprint density at radius 2 is 1.74 bits per heavy atom. The van der Waals surface area contributed by atoms with Crippen LogP contribution in [-0.2, 0) is 21.2 Å². The fourth-order valence-corrected chi connectivity index (χ4v) is 4.23. The highest BCUT2D eigenvalue weighted by Gasteiger charge is 2.25. The van der Waals surface area contributed by atoms with Gasteiger partial charge in [-0.15, -0.1) is 0 Å². The molecule has 27 heavy (non-hydrogen) atoms. The summed E-state index contributed by atoms with van der Waals surface area (Å²) in [7, 11) is -3.74. The van der Waals surface area contributed by atoms with Crippen molar-refractivity contribution in [3.05, 3.63) is 65.2 Å². The predicted molar refractivity (Wildman–Crippen MR) is 108 cm³/mol. The maximum Gasteiger partial charge on any atom is 0.243 e. The van der Waals surface area contributed by atoms with E-state index in [1.54, 1.807) is 6.92 Å². The summed E-state index contributed by atoms with van der Waals surface area (Å²) in [6.45, 7) is 3.62. The third-order valence-corrected chi connectivity index (χ3v) is 6.43. The monoisotopic (exact) mass is 408 g/mol. The average Bonchev–Trinajstić information content (AvgIpc) is 2.65. The highest BCUT2D eigenvalue weighted by atomic mass is 35.5. The number of rotatable bonds is 9. The van der Waals surface area contributed by atoms with Crippen molar-refractivity contribution < 1.29 is 13.2 Å². The molecule has 7 heteroatoms. The quantitative estimate of drug-likeness (QED) is 0.690. The molecule has 0 aromatic heterocycles. The van der Waals surface area contributed by atoms with Gasteiger partial charge in [0.05, 0.1) is 11.4 Å². The SMILES string of the molecule is CCN(CC(=O)NC(C)CCc1ccccc1)S(=O)(=O)c1ccc(Cl)cc1. The zero-order chi connectivity index (χ0) is 19.9. The first-order valence-corrected chi connectivity index (χ1v) is 10.7. The van der Waals surface area contributed by atoms with Gasteiger partial charge in [-0.3, -0.25) is 4.79 Å². The van der Waals surface area contributed by atoms with Gasteiger partial charge in [0.2, 0.25) is 15.9 Å². The lowest BCUT2D eigenvalue weighted by molar-refractivity contribution is -0.121. The Kier molecular flexibility index (Phi) is 7.83. The van der Waals surface area contributed by atoms with E-state index in [0.29, 0.717) is 5.02 Å². The molecule has 1 unspecified atom stereocenters. The summed E-state index contributed by atoms with van der Waals surface area (Å²) in [5.74, 6) is -0.310. The molecule has 0 radical (unpaired) electrons. The molecule has 0 saturated carbocycles. The number of carbonyl (C=O) groups excluding carboxylic acids is 1. The summed E-state index contributed by atoms with van der Waals surface area (Å²) in [5.41, 5.74) is 1.21. The largest absolute Gasteiger partial charge is 0.352 e. The van der Waals surface area contributed by atoms with E-state index >= 15 is 0 Å². The van der Waals surface area contributed by atoms with Crippen LogP contribution in [0.2, 0.25) is 5.02 Å². The molecule has 1 N–H and O–H groups in total. The summed E-state index contributed by atoms with van der Waals surface area (Å²) < 4.78 is 26.6. The van der Waals surface area contributed by atoms with Gasteiger partial charge in [-0.2, -0.15) is 4.31 Å². The van der Waals surface area contributed by atoms with Crippen molar-refractivity contribution in [2.24, 2.45) is 0 Å². The third-order valence-electron chi connectivity index (χ3n) is 4.24. The third kappa shape index (κ3) is 6.34. The van der Waals surface area contributed by atoms with E-state index in [9.17, 15) is 13.2 Å². The summed E-state index contributed by atoms with van der Waals surface area (Å²) in [6, 6.07) is 15.9. The summed E-state index contributed by atoms with van der Waals surface area (Å²) >= 11 is 5.82. The standard InChI is InChI=1S/C20H25ClN2O3S/c1-3-23(27(25,26)19-13-11-18(21)12-14-19)15-20(24)22-16(2)9-10-17-7-5-4-6-8-17/h4-8,11-14,16H,3,9-10,15H2,1-2H3,(H,22,24). The van der Waals surface area contributed by atoms with E-state index in [1.165, 1.54) is 29.8 Å². The number of aryl methyl sites for hydroxylation is 1. The molecule has 1 atom stereocenters. The Morgan fingerprint density at radius 3 is 2.33 bits per heavy atom. The van der Waals surface area contributed by atoms with Gasteiger partial charge < -0.3 is 5.32 Å². The first-order valence-electron chi connectivity index (χ1n) is 8.92. The van der Waals surface area contributed by atoms with Gasteiger partial charge in [-0.05, 0) is 49.6 Å². The van der Waals surface area contributed by atoms with Crippen LogP contribution >= 0.6 is 11.6 Å². The number of carbonyl (C=O) groups is 1. The van der Waals surface area contributed by atoms with Crippen molar-refractivity contribution in [2.75, 3.05) is 13.1 Å². The minimum atomic E-state index is -3.74. The van der Waals surface area contributed by atoms with Crippen LogP contribution in [0.4, 0.5) is 0 Å². The first-order chi connectivity index (χ1) is 12.8. The Hall–Kier alpha value is -1.89. The molecule has 0 fully saturated rings. The topological polar surface area (TPSA) is 66.5 Å². The number of benzene rings is 2. The highest BCUT2D eigenvalue weighted by molar-refractivity contribution is 7.89. The van der Waals surface area contributed by atoms with Crippen molar-refractivity contribution in [1.82, 2.24) is 9.62 Å². The summed E-state index contributed by atoms with van der Waals surface area (Å²) in [4.78, 5) is 12.5. The molecule has 0 heterocycles. The fraction of sp³-hybridized carbons (Fsp3) is 0.350. The lowest BCUT2D eigenvalue weighted by atomic mass is 10.1. The van der Waals surface area contributed by atoms with Gasteiger partial charge in [0, 0.05) is 17.6 Å². The number of amides is 1. The van der Waals surface area contributed by atoms with Crippen LogP contribution in [0.1, 0.15) is 25.8 Å². The van der Waals surface area contributed by atoms with Crippen LogP contribution in [0, 0.1) is 0 Å². The zero-order valence-corrected chi connectivity index (χ0v) is 17.1. The van der Waals surface area contributed by atoms with E-state index in [1.807, 2.05) is 37.3 Å². The molecule has 0 saturated heterocycles. The Morgan fingerprint density at radius 1 is 1.11 bits per heavy atom. The minimum absolute atomic E-state index is 0.0466. The van der Waals surface area contributed by atoms with Crippen LogP contribution in [0.15, 0.2) is 59.5 Å². The van der Waals surface area contributed by atoms with Gasteiger partial charge in [-0.25, -0.2) is 8.42 Å². The zero-order valence-electron chi connectivity index (χ0n) is 15.6. The second-order valence-electron chi connectivity index (χ2n) is 6.38. The van der Waals surface area contributed by atoms with Crippen molar-refractivity contribution in [3.63, 3.8) is 0 Å². The van der Waals surface area contributed by atoms with Gasteiger partial charge in [0.1, 0.15) is 0 Å². The molecule has 0 aliphatic heterocycles. The second kappa shape index (κ2) is 9.88. The van der Waals surface area contributed by atoms with Crippen LogP contribution in [0.25, 0.3) is 0 Å². The predicted octanol–water partition coefficient (Wildman–Crippen LogP) is 3.49. The van der Waals surface area contributed by atoms with Crippen molar-refractivity contribution in [3.8, 4) is 0 Å². The van der Waals surface area contributed by atoms with Gasteiger partial charge >= 0.3 is 0 Å². The molecular weight excluding hydrogens is 384 g/mol. The van der Waals surface area contributed by atoms with E-state index in [4.69, 9.17) is 11.6 Å². The molecule has 2 rings (SSSR count). The second-order valence-corrected chi connectivity index (χ2v) is 8.75. The molecule has 1 amide bonds. The van der Waals surface area contributed by atoms with Gasteiger partial charge in [0.25, 0.3) is 0 Å². The highest BCUT2D eigenvalue weighted by Crippen LogP contribution is 2.18. The fourth-order valence-electron chi connectivity index (χ4n) is 2.70. The maximum atomic E-state index is 12.7. The van der Waals surface area contributed by atoms with Crippen molar-refractivity contribution in [2.45, 2.75) is 37.6 Å². The number of hydrogen-bond donors (Lipinski definition) is 1. The smallest absolute Gasteiger partial charge is 0.243 e. The molecular formula is C20H25ClN2O3S. The van der Waals surface area contributed by atoms with Gasteiger partial charge in [-0.1, -0.05) is 48.9 Å². The van der Waals surface area contributed by atoms with Crippen LogP contribution < -0.4 is 5.32 Å². The van der Waals surface area contributed by atoms with Crippen molar-refractivity contribution >= 4 is 27.5 Å². The lowest BCUT2D eigenvalue weighted by Crippen LogP contribution is -2.43. The minimum Gasteiger partial charge on any atom is -0.352 e. The van der Waals surface area contributed by atoms with Crippen LogP contribution in [-0.4, -0.2) is 37.8 Å². The van der Waals surface area contributed by atoms with Gasteiger partial charge in [0.15, 0.2) is 0 Å². The first kappa shape index (κ1) is 21.4. The molecule has 2 aromatic carbocycles. The molecule has 2 aromatic rings. The summed E-state index contributed by atoms with van der Waals surface area (Å²) in [5, 5.41) is 3.34.